The molecule has 8 heteroatoms. The minimum Gasteiger partial charge on any atom is -0.443 e. The molecule has 0 unspecified atom stereocenters. The maximum absolute atomic E-state index is 12.6. The smallest absolute Gasteiger partial charge is 0.443 e. The van der Waals surface area contributed by atoms with Crippen LogP contribution in [0.25, 0.3) is 0 Å². The lowest BCUT2D eigenvalue weighted by atomic mass is 9.79. The molecule has 1 amide bonds. The van der Waals surface area contributed by atoms with Crippen LogP contribution >= 0.6 is 23.2 Å². The van der Waals surface area contributed by atoms with Crippen LogP contribution in [0.2, 0.25) is 10.0 Å². The van der Waals surface area contributed by atoms with Gasteiger partial charge in [-0.25, -0.2) is 4.79 Å². The Morgan fingerprint density at radius 2 is 2.12 bits per heavy atom. The highest BCUT2D eigenvalue weighted by molar-refractivity contribution is 6.66. The van der Waals surface area contributed by atoms with Gasteiger partial charge in [0.25, 0.3) is 0 Å². The first-order chi connectivity index (χ1) is 11.2. The lowest BCUT2D eigenvalue weighted by Crippen LogP contribution is -2.39. The van der Waals surface area contributed by atoms with E-state index in [1.54, 1.807) is 26.8 Å². The van der Waals surface area contributed by atoms with Crippen molar-refractivity contribution in [1.29, 1.82) is 0 Å². The van der Waals surface area contributed by atoms with Gasteiger partial charge in [-0.2, -0.15) is 0 Å². The minimum absolute atomic E-state index is 0.226. The van der Waals surface area contributed by atoms with E-state index in [-0.39, 0.29) is 11.6 Å². The molecule has 5 nitrogen and oxygen atoms in total. The average Bonchev–Trinajstić information content (AvgIpc) is 2.81. The molecule has 1 aromatic carbocycles. The topological polar surface area (TPSA) is 59.0 Å². The van der Waals surface area contributed by atoms with Gasteiger partial charge in [0.1, 0.15) is 5.60 Å². The summed E-state index contributed by atoms with van der Waals surface area (Å²) < 4.78 is 10.7. The fourth-order valence-corrected chi connectivity index (χ4v) is 3.28. The molecule has 0 saturated heterocycles. The van der Waals surface area contributed by atoms with Gasteiger partial charge in [0.05, 0.1) is 22.3 Å². The highest BCUT2D eigenvalue weighted by atomic mass is 35.5. The summed E-state index contributed by atoms with van der Waals surface area (Å²) in [6, 6.07) is 1.68. The Labute approximate surface area is 153 Å². The second-order valence-electron chi connectivity index (χ2n) is 6.74. The summed E-state index contributed by atoms with van der Waals surface area (Å²) in [5, 5.41) is 10.5. The van der Waals surface area contributed by atoms with Gasteiger partial charge in [-0.3, -0.25) is 4.90 Å². The van der Waals surface area contributed by atoms with E-state index in [4.69, 9.17) is 32.6 Å². The fourth-order valence-electron chi connectivity index (χ4n) is 2.49. The molecule has 1 aliphatic heterocycles. The van der Waals surface area contributed by atoms with Crippen LogP contribution in [0.1, 0.15) is 46.1 Å². The first-order valence-electron chi connectivity index (χ1n) is 7.96. The van der Waals surface area contributed by atoms with Gasteiger partial charge in [-0.15, -0.1) is 0 Å². The maximum Gasteiger partial charge on any atom is 0.493 e. The zero-order chi connectivity index (χ0) is 18.1. The second kappa shape index (κ2) is 7.52. The zero-order valence-electron chi connectivity index (χ0n) is 14.4. The lowest BCUT2D eigenvalue weighted by molar-refractivity contribution is 0.0580. The van der Waals surface area contributed by atoms with Gasteiger partial charge in [0.15, 0.2) is 0 Å². The Balaban J connectivity index is 2.46. The van der Waals surface area contributed by atoms with Gasteiger partial charge in [0.2, 0.25) is 0 Å². The highest BCUT2D eigenvalue weighted by Crippen LogP contribution is 2.37. The number of hydrogen-bond donors (Lipinski definition) is 1. The van der Waals surface area contributed by atoms with E-state index in [0.29, 0.717) is 22.7 Å². The zero-order valence-corrected chi connectivity index (χ0v) is 15.9. The fraction of sp³-hybridized carbons (Fsp3) is 0.562. The third kappa shape index (κ3) is 4.17. The first-order valence-corrected chi connectivity index (χ1v) is 8.72. The van der Waals surface area contributed by atoms with E-state index in [1.165, 1.54) is 4.90 Å². The predicted molar refractivity (Wildman–Crippen MR) is 97.3 cm³/mol. The molecule has 0 fully saturated rings. The van der Waals surface area contributed by atoms with E-state index in [9.17, 15) is 9.82 Å². The van der Waals surface area contributed by atoms with Crippen LogP contribution in [0.3, 0.4) is 0 Å². The molecule has 1 heterocycles. The molecule has 0 atom stereocenters. The van der Waals surface area contributed by atoms with Crippen LogP contribution in [0.4, 0.5) is 10.5 Å². The van der Waals surface area contributed by atoms with E-state index in [2.05, 4.69) is 0 Å². The molecular formula is C16H22BCl2NO4. The Morgan fingerprint density at radius 1 is 1.46 bits per heavy atom. The number of halogens is 2. The Hall–Kier alpha value is -0.945. The number of hydrogen-bond acceptors (Lipinski definition) is 4. The van der Waals surface area contributed by atoms with Crippen LogP contribution < -0.4 is 10.4 Å². The van der Waals surface area contributed by atoms with E-state index in [1.807, 2.05) is 6.92 Å². The van der Waals surface area contributed by atoms with Crippen LogP contribution in [0.5, 0.6) is 0 Å². The number of carbonyl (C=O) groups excluding carboxylic acids is 1. The van der Waals surface area contributed by atoms with Crippen molar-refractivity contribution in [3.05, 3.63) is 21.7 Å². The van der Waals surface area contributed by atoms with Crippen LogP contribution in [-0.2, 0) is 16.0 Å². The molecule has 0 saturated carbocycles. The molecule has 132 valence electrons. The highest BCUT2D eigenvalue weighted by Gasteiger charge is 2.35. The molecular weight excluding hydrogens is 352 g/mol. The third-order valence-electron chi connectivity index (χ3n) is 3.58. The number of benzene rings is 1. The summed E-state index contributed by atoms with van der Waals surface area (Å²) in [6.45, 7) is 8.07. The van der Waals surface area contributed by atoms with Gasteiger partial charge in [-0.1, -0.05) is 36.5 Å². The van der Waals surface area contributed by atoms with Crippen molar-refractivity contribution in [2.75, 3.05) is 11.4 Å². The van der Waals surface area contributed by atoms with Crippen molar-refractivity contribution in [3.8, 4) is 0 Å². The molecule has 0 aromatic heterocycles. The molecule has 0 bridgehead atoms. The third-order valence-corrected chi connectivity index (χ3v) is 4.25. The minimum atomic E-state index is -1.12. The average molecular weight is 374 g/mol. The molecule has 24 heavy (non-hydrogen) atoms. The summed E-state index contributed by atoms with van der Waals surface area (Å²) in [7, 11) is -1.12. The van der Waals surface area contributed by atoms with Crippen molar-refractivity contribution >= 4 is 47.6 Å². The number of fused-ring (bicyclic) bond motifs is 1. The molecule has 1 N–H and O–H groups in total. The number of carbonyl (C=O) groups is 1. The van der Waals surface area contributed by atoms with Crippen molar-refractivity contribution in [1.82, 2.24) is 0 Å². The SMILES string of the molecule is CCCCN(C(=O)OC(C)(C)C)c1c(Cl)cc2c(c1Cl)B(O)OC2. The molecule has 0 radical (unpaired) electrons. The summed E-state index contributed by atoms with van der Waals surface area (Å²) in [4.78, 5) is 14.1. The summed E-state index contributed by atoms with van der Waals surface area (Å²) >= 11 is 12.8. The lowest BCUT2D eigenvalue weighted by Gasteiger charge is -2.29. The maximum atomic E-state index is 12.6. The number of amides is 1. The van der Waals surface area contributed by atoms with E-state index >= 15 is 0 Å². The second-order valence-corrected chi connectivity index (χ2v) is 7.53. The Kier molecular flexibility index (Phi) is 6.07. The quantitative estimate of drug-likeness (QED) is 0.816. The van der Waals surface area contributed by atoms with Gasteiger partial charge in [0, 0.05) is 12.0 Å². The molecule has 2 rings (SSSR count). The molecule has 1 aliphatic rings. The normalized spacial score (nSPS) is 13.9. The Bertz CT molecular complexity index is 633. The first kappa shape index (κ1) is 19.4. The number of anilines is 1. The summed E-state index contributed by atoms with van der Waals surface area (Å²) in [5.74, 6) is 0. The van der Waals surface area contributed by atoms with Crippen molar-refractivity contribution in [3.63, 3.8) is 0 Å². The summed E-state index contributed by atoms with van der Waals surface area (Å²) in [5.41, 5.74) is 0.895. The van der Waals surface area contributed by atoms with Crippen LogP contribution in [0.15, 0.2) is 6.07 Å². The standard InChI is InChI=1S/C16H22BCl2NO4/c1-5-6-7-20(15(21)24-16(2,3)4)14-11(18)8-10-9-23-17(22)12(10)13(14)19/h8,22H,5-7,9H2,1-4H3. The van der Waals surface area contributed by atoms with Crippen molar-refractivity contribution < 1.29 is 19.2 Å². The number of nitrogens with zero attached hydrogens (tertiary/aromatic N) is 1. The van der Waals surface area contributed by atoms with Gasteiger partial charge < -0.3 is 14.4 Å². The van der Waals surface area contributed by atoms with Crippen LogP contribution in [0, 0.1) is 0 Å². The van der Waals surface area contributed by atoms with Crippen molar-refractivity contribution in [2.45, 2.75) is 52.7 Å². The Morgan fingerprint density at radius 3 is 2.71 bits per heavy atom. The molecule has 0 spiro atoms. The monoisotopic (exact) mass is 373 g/mol. The van der Waals surface area contributed by atoms with E-state index in [0.717, 1.165) is 18.4 Å². The van der Waals surface area contributed by atoms with E-state index < -0.39 is 18.8 Å². The van der Waals surface area contributed by atoms with Gasteiger partial charge >= 0.3 is 13.2 Å². The molecule has 0 aliphatic carbocycles. The predicted octanol–water partition coefficient (Wildman–Crippen LogP) is 3.75. The van der Waals surface area contributed by atoms with Gasteiger partial charge in [-0.05, 0) is 38.8 Å². The number of rotatable bonds is 4. The van der Waals surface area contributed by atoms with Crippen molar-refractivity contribution in [2.24, 2.45) is 0 Å². The molecule has 1 aromatic rings. The summed E-state index contributed by atoms with van der Waals surface area (Å²) in [6.07, 6.45) is 1.14. The van der Waals surface area contributed by atoms with Crippen LogP contribution in [-0.4, -0.2) is 30.4 Å². The largest absolute Gasteiger partial charge is 0.493 e. The number of ether oxygens (including phenoxy) is 1. The number of unbranched alkanes of at least 4 members (excludes halogenated alkanes) is 1.